The van der Waals surface area contributed by atoms with Crippen LogP contribution in [0.25, 0.3) is 11.0 Å². The molecule has 0 aliphatic rings. The van der Waals surface area contributed by atoms with Crippen molar-refractivity contribution in [3.8, 4) is 0 Å². The zero-order valence-electron chi connectivity index (χ0n) is 13.8. The second-order valence-electron chi connectivity index (χ2n) is 6.78. The van der Waals surface area contributed by atoms with Crippen LogP contribution in [0.2, 0.25) is 0 Å². The topological polar surface area (TPSA) is 57.8 Å². The first kappa shape index (κ1) is 16.9. The van der Waals surface area contributed by atoms with Gasteiger partial charge in [-0.3, -0.25) is 4.79 Å². The van der Waals surface area contributed by atoms with Gasteiger partial charge in [-0.2, -0.15) is 11.8 Å². The molecule has 0 radical (unpaired) electrons. The average molecular weight is 319 g/mol. The Morgan fingerprint density at radius 3 is 2.73 bits per heavy atom. The molecule has 1 heterocycles. The predicted molar refractivity (Wildman–Crippen MR) is 94.0 cm³/mol. The van der Waals surface area contributed by atoms with Gasteiger partial charge in [-0.15, -0.1) is 0 Å². The fraction of sp³-hybridized carbons (Fsp3) is 0.529. The van der Waals surface area contributed by atoms with Crippen molar-refractivity contribution in [3.63, 3.8) is 0 Å². The summed E-state index contributed by atoms with van der Waals surface area (Å²) in [6.45, 7) is 6.22. The highest BCUT2D eigenvalue weighted by atomic mass is 32.2. The minimum absolute atomic E-state index is 0.0119. The lowest BCUT2D eigenvalue weighted by Crippen LogP contribution is -2.32. The average Bonchev–Trinajstić information content (AvgIpc) is 2.85. The van der Waals surface area contributed by atoms with Crippen LogP contribution >= 0.6 is 11.8 Å². The number of H-pyrrole nitrogens is 1. The molecule has 1 aromatic heterocycles. The monoisotopic (exact) mass is 319 g/mol. The number of rotatable bonds is 6. The predicted octanol–water partition coefficient (Wildman–Crippen LogP) is 3.91. The number of thioether (sulfide) groups is 1. The summed E-state index contributed by atoms with van der Waals surface area (Å²) in [5.74, 6) is 1.91. The first-order valence-electron chi connectivity index (χ1n) is 7.62. The molecule has 0 saturated carbocycles. The lowest BCUT2D eigenvalue weighted by atomic mass is 9.92. The molecule has 1 amide bonds. The number of hydrogen-bond acceptors (Lipinski definition) is 3. The summed E-state index contributed by atoms with van der Waals surface area (Å²) in [7, 11) is 0. The van der Waals surface area contributed by atoms with E-state index in [0.717, 1.165) is 29.0 Å². The van der Waals surface area contributed by atoms with Crippen LogP contribution in [-0.4, -0.2) is 27.9 Å². The van der Waals surface area contributed by atoms with Crippen molar-refractivity contribution >= 4 is 28.7 Å². The van der Waals surface area contributed by atoms with Crippen molar-refractivity contribution in [3.05, 3.63) is 30.1 Å². The SMILES string of the molecule is CSCC[C@@H](NC(=O)CC(C)(C)C)c1nc2ccccc2[nH]1. The summed E-state index contributed by atoms with van der Waals surface area (Å²) < 4.78 is 0. The van der Waals surface area contributed by atoms with E-state index in [4.69, 9.17) is 0 Å². The van der Waals surface area contributed by atoms with Gasteiger partial charge in [0.25, 0.3) is 0 Å². The van der Waals surface area contributed by atoms with Crippen LogP contribution in [0.5, 0.6) is 0 Å². The van der Waals surface area contributed by atoms with E-state index >= 15 is 0 Å². The maximum Gasteiger partial charge on any atom is 0.221 e. The number of hydrogen-bond donors (Lipinski definition) is 2. The molecule has 0 saturated heterocycles. The van der Waals surface area contributed by atoms with E-state index in [0.29, 0.717) is 6.42 Å². The van der Waals surface area contributed by atoms with Crippen LogP contribution in [0.4, 0.5) is 0 Å². The highest BCUT2D eigenvalue weighted by Crippen LogP contribution is 2.22. The van der Waals surface area contributed by atoms with E-state index in [1.165, 1.54) is 0 Å². The van der Waals surface area contributed by atoms with Gasteiger partial charge in [0.1, 0.15) is 5.82 Å². The third-order valence-corrected chi connectivity index (χ3v) is 4.02. The van der Waals surface area contributed by atoms with Crippen molar-refractivity contribution in [2.24, 2.45) is 5.41 Å². The third kappa shape index (κ3) is 4.77. The number of amides is 1. The Balaban J connectivity index is 2.16. The van der Waals surface area contributed by atoms with Crippen LogP contribution < -0.4 is 5.32 Å². The fourth-order valence-electron chi connectivity index (χ4n) is 2.38. The molecular formula is C17H25N3OS. The Kier molecular flexibility index (Phi) is 5.51. The van der Waals surface area contributed by atoms with Gasteiger partial charge in [0, 0.05) is 6.42 Å². The van der Waals surface area contributed by atoms with Gasteiger partial charge in [-0.1, -0.05) is 32.9 Å². The quantitative estimate of drug-likeness (QED) is 0.848. The molecule has 4 nitrogen and oxygen atoms in total. The molecule has 0 aliphatic carbocycles. The maximum atomic E-state index is 12.3. The fourth-order valence-corrected chi connectivity index (χ4v) is 2.85. The number of carbonyl (C=O) groups is 1. The van der Waals surface area contributed by atoms with Crippen LogP contribution in [0.3, 0.4) is 0 Å². The molecule has 22 heavy (non-hydrogen) atoms. The van der Waals surface area contributed by atoms with Crippen molar-refractivity contribution in [1.29, 1.82) is 0 Å². The molecule has 1 aromatic carbocycles. The Labute approximate surface area is 136 Å². The van der Waals surface area contributed by atoms with Crippen molar-refractivity contribution < 1.29 is 4.79 Å². The normalized spacial score (nSPS) is 13.3. The van der Waals surface area contributed by atoms with Gasteiger partial charge < -0.3 is 10.3 Å². The summed E-state index contributed by atoms with van der Waals surface area (Å²) >= 11 is 1.78. The first-order valence-corrected chi connectivity index (χ1v) is 9.01. The molecule has 2 N–H and O–H groups in total. The van der Waals surface area contributed by atoms with Gasteiger partial charge in [-0.25, -0.2) is 4.98 Å². The summed E-state index contributed by atoms with van der Waals surface area (Å²) in [6, 6.07) is 7.89. The van der Waals surface area contributed by atoms with Crippen LogP contribution in [-0.2, 0) is 4.79 Å². The number of benzene rings is 1. The van der Waals surface area contributed by atoms with E-state index < -0.39 is 0 Å². The Hall–Kier alpha value is -1.49. The summed E-state index contributed by atoms with van der Waals surface area (Å²) in [6.07, 6.45) is 3.46. The number of imidazole rings is 1. The van der Waals surface area contributed by atoms with E-state index in [9.17, 15) is 4.79 Å². The third-order valence-electron chi connectivity index (χ3n) is 3.37. The number of aromatic nitrogens is 2. The summed E-state index contributed by atoms with van der Waals surface area (Å²) in [5.41, 5.74) is 1.94. The smallest absolute Gasteiger partial charge is 0.221 e. The highest BCUT2D eigenvalue weighted by Gasteiger charge is 2.21. The molecule has 0 bridgehead atoms. The highest BCUT2D eigenvalue weighted by molar-refractivity contribution is 7.98. The molecule has 5 heteroatoms. The Morgan fingerprint density at radius 1 is 1.36 bits per heavy atom. The van der Waals surface area contributed by atoms with Gasteiger partial charge in [-0.05, 0) is 36.0 Å². The molecule has 2 rings (SSSR count). The number of nitrogens with zero attached hydrogens (tertiary/aromatic N) is 1. The van der Waals surface area contributed by atoms with Crippen molar-refractivity contribution in [2.75, 3.05) is 12.0 Å². The van der Waals surface area contributed by atoms with Gasteiger partial charge in [0.05, 0.1) is 17.1 Å². The zero-order valence-corrected chi connectivity index (χ0v) is 14.6. The molecule has 0 fully saturated rings. The molecule has 0 aliphatic heterocycles. The van der Waals surface area contributed by atoms with E-state index in [1.807, 2.05) is 24.3 Å². The second kappa shape index (κ2) is 7.18. The van der Waals surface area contributed by atoms with Crippen LogP contribution in [0.1, 0.15) is 45.5 Å². The van der Waals surface area contributed by atoms with Crippen molar-refractivity contribution in [2.45, 2.75) is 39.7 Å². The number of fused-ring (bicyclic) bond motifs is 1. The summed E-state index contributed by atoms with van der Waals surface area (Å²) in [4.78, 5) is 20.2. The first-order chi connectivity index (χ1) is 10.4. The largest absolute Gasteiger partial charge is 0.346 e. The van der Waals surface area contributed by atoms with E-state index in [2.05, 4.69) is 42.3 Å². The van der Waals surface area contributed by atoms with Gasteiger partial charge in [0.15, 0.2) is 0 Å². The minimum atomic E-state index is -0.0605. The second-order valence-corrected chi connectivity index (χ2v) is 7.76. The molecule has 1 atom stereocenters. The van der Waals surface area contributed by atoms with E-state index in [1.54, 1.807) is 11.8 Å². The standard InChI is InChI=1S/C17H25N3OS/c1-17(2,3)11-15(21)18-14(9-10-22-4)16-19-12-7-5-6-8-13(12)20-16/h5-8,14H,9-11H2,1-4H3,(H,18,21)(H,19,20)/t14-/m1/s1. The van der Waals surface area contributed by atoms with Crippen LogP contribution in [0, 0.1) is 5.41 Å². The van der Waals surface area contributed by atoms with Crippen molar-refractivity contribution in [1.82, 2.24) is 15.3 Å². The lowest BCUT2D eigenvalue weighted by Gasteiger charge is -2.21. The molecule has 0 unspecified atom stereocenters. The summed E-state index contributed by atoms with van der Waals surface area (Å²) in [5, 5.41) is 3.14. The molecular weight excluding hydrogens is 294 g/mol. The zero-order chi connectivity index (χ0) is 16.2. The molecule has 120 valence electrons. The Morgan fingerprint density at radius 2 is 2.09 bits per heavy atom. The molecule has 2 aromatic rings. The lowest BCUT2D eigenvalue weighted by molar-refractivity contribution is -0.123. The number of aromatic amines is 1. The number of carbonyl (C=O) groups excluding carboxylic acids is 1. The van der Waals surface area contributed by atoms with Gasteiger partial charge in [0.2, 0.25) is 5.91 Å². The maximum absolute atomic E-state index is 12.3. The Bertz CT molecular complexity index is 597. The number of nitrogens with one attached hydrogen (secondary N) is 2. The van der Waals surface area contributed by atoms with Gasteiger partial charge >= 0.3 is 0 Å². The molecule has 0 spiro atoms. The van der Waals surface area contributed by atoms with Crippen LogP contribution in [0.15, 0.2) is 24.3 Å². The minimum Gasteiger partial charge on any atom is -0.346 e. The van der Waals surface area contributed by atoms with E-state index in [-0.39, 0.29) is 17.4 Å². The number of para-hydroxylation sites is 2.